The minimum absolute atomic E-state index is 0.698. The van der Waals surface area contributed by atoms with E-state index < -0.39 is 0 Å². The van der Waals surface area contributed by atoms with Crippen molar-refractivity contribution in [2.45, 2.75) is 6.54 Å². The first-order valence-electron chi connectivity index (χ1n) is 4.75. The van der Waals surface area contributed by atoms with Crippen LogP contribution >= 0.6 is 0 Å². The fraction of sp³-hybridized carbons (Fsp3) is 0.0833. The Balaban J connectivity index is 1.97. The summed E-state index contributed by atoms with van der Waals surface area (Å²) in [5.74, 6) is 0. The first-order valence-corrected chi connectivity index (χ1v) is 4.75. The van der Waals surface area contributed by atoms with E-state index in [4.69, 9.17) is 0 Å². The molecule has 0 aliphatic heterocycles. The Labute approximate surface area is 88.5 Å². The van der Waals surface area contributed by atoms with Crippen LogP contribution in [0.5, 0.6) is 0 Å². The van der Waals surface area contributed by atoms with Crippen molar-refractivity contribution in [2.24, 2.45) is 4.99 Å². The van der Waals surface area contributed by atoms with Crippen LogP contribution in [-0.4, -0.2) is 16.4 Å². The Hall–Kier alpha value is -2.03. The lowest BCUT2D eigenvalue weighted by molar-refractivity contribution is 1.02. The van der Waals surface area contributed by atoms with Gasteiger partial charge in [-0.15, -0.1) is 0 Å². The summed E-state index contributed by atoms with van der Waals surface area (Å²) in [4.78, 5) is 4.32. The second-order valence-electron chi connectivity index (χ2n) is 3.13. The molecule has 0 unspecified atom stereocenters. The average molecular weight is 197 g/mol. The Kier molecular flexibility index (Phi) is 3.18. The molecule has 0 atom stereocenters. The molecular weight excluding hydrogens is 186 g/mol. The SMILES string of the molecule is C(=NCc1ccccc1)c1ccnnc1. The summed E-state index contributed by atoms with van der Waals surface area (Å²) in [6.45, 7) is 0.698. The molecule has 0 saturated heterocycles. The maximum Gasteiger partial charge on any atom is 0.0639 e. The highest BCUT2D eigenvalue weighted by atomic mass is 15.1. The molecule has 0 aliphatic rings. The largest absolute Gasteiger partial charge is 0.288 e. The summed E-state index contributed by atoms with van der Waals surface area (Å²) in [6, 6.07) is 12.0. The Morgan fingerprint density at radius 3 is 2.67 bits per heavy atom. The van der Waals surface area contributed by atoms with E-state index in [-0.39, 0.29) is 0 Å². The summed E-state index contributed by atoms with van der Waals surface area (Å²) < 4.78 is 0. The number of aliphatic imine (C=N–C) groups is 1. The number of hydrogen-bond acceptors (Lipinski definition) is 3. The zero-order valence-corrected chi connectivity index (χ0v) is 8.24. The highest BCUT2D eigenvalue weighted by molar-refractivity contribution is 5.78. The van der Waals surface area contributed by atoms with Gasteiger partial charge in [-0.25, -0.2) is 0 Å². The summed E-state index contributed by atoms with van der Waals surface area (Å²) in [5, 5.41) is 7.47. The van der Waals surface area contributed by atoms with Gasteiger partial charge in [0.1, 0.15) is 0 Å². The van der Waals surface area contributed by atoms with Crippen molar-refractivity contribution in [1.29, 1.82) is 0 Å². The molecule has 3 heteroatoms. The predicted molar refractivity (Wildman–Crippen MR) is 59.8 cm³/mol. The lowest BCUT2D eigenvalue weighted by Crippen LogP contribution is -1.86. The van der Waals surface area contributed by atoms with Crippen LogP contribution in [0.3, 0.4) is 0 Å². The Morgan fingerprint density at radius 2 is 1.93 bits per heavy atom. The molecule has 1 aromatic carbocycles. The molecule has 74 valence electrons. The van der Waals surface area contributed by atoms with E-state index in [1.54, 1.807) is 12.4 Å². The number of hydrogen-bond donors (Lipinski definition) is 0. The Bertz CT molecular complexity index is 423. The van der Waals surface area contributed by atoms with Gasteiger partial charge in [0.25, 0.3) is 0 Å². The summed E-state index contributed by atoms with van der Waals surface area (Å²) >= 11 is 0. The number of nitrogens with zero attached hydrogens (tertiary/aromatic N) is 3. The van der Waals surface area contributed by atoms with Gasteiger partial charge in [-0.1, -0.05) is 30.3 Å². The maximum atomic E-state index is 4.32. The molecule has 0 spiro atoms. The minimum Gasteiger partial charge on any atom is -0.288 e. The van der Waals surface area contributed by atoms with Gasteiger partial charge in [0.15, 0.2) is 0 Å². The molecule has 2 rings (SSSR count). The van der Waals surface area contributed by atoms with Gasteiger partial charge < -0.3 is 0 Å². The lowest BCUT2D eigenvalue weighted by Gasteiger charge is -1.94. The van der Waals surface area contributed by atoms with E-state index in [1.807, 2.05) is 30.5 Å². The molecule has 0 radical (unpaired) electrons. The standard InChI is InChI=1S/C12H11N3/c1-2-4-11(5-3-1)8-13-9-12-6-7-14-15-10-12/h1-7,9-10H,8H2. The zero-order chi connectivity index (χ0) is 10.3. The van der Waals surface area contributed by atoms with Crippen LogP contribution in [0.2, 0.25) is 0 Å². The van der Waals surface area contributed by atoms with Crippen LogP contribution in [0.4, 0.5) is 0 Å². The number of rotatable bonds is 3. The predicted octanol–water partition coefficient (Wildman–Crippen LogP) is 2.10. The van der Waals surface area contributed by atoms with Gasteiger partial charge in [0, 0.05) is 11.8 Å². The van der Waals surface area contributed by atoms with Crippen molar-refractivity contribution in [3.05, 3.63) is 59.9 Å². The first kappa shape index (κ1) is 9.52. The topological polar surface area (TPSA) is 38.1 Å². The van der Waals surface area contributed by atoms with E-state index in [0.29, 0.717) is 6.54 Å². The van der Waals surface area contributed by atoms with Crippen molar-refractivity contribution >= 4 is 6.21 Å². The second-order valence-corrected chi connectivity index (χ2v) is 3.13. The van der Waals surface area contributed by atoms with Crippen LogP contribution in [0.15, 0.2) is 53.8 Å². The van der Waals surface area contributed by atoms with E-state index in [1.165, 1.54) is 5.56 Å². The third-order valence-electron chi connectivity index (χ3n) is 1.96. The molecule has 0 amide bonds. The molecule has 3 nitrogen and oxygen atoms in total. The number of aromatic nitrogens is 2. The zero-order valence-electron chi connectivity index (χ0n) is 8.24. The molecule has 15 heavy (non-hydrogen) atoms. The van der Waals surface area contributed by atoms with Crippen molar-refractivity contribution in [3.8, 4) is 0 Å². The highest BCUT2D eigenvalue weighted by Crippen LogP contribution is 2.00. The van der Waals surface area contributed by atoms with Crippen LogP contribution in [0.1, 0.15) is 11.1 Å². The van der Waals surface area contributed by atoms with E-state index in [2.05, 4.69) is 27.3 Å². The van der Waals surface area contributed by atoms with Crippen molar-refractivity contribution in [3.63, 3.8) is 0 Å². The molecule has 0 N–H and O–H groups in total. The van der Waals surface area contributed by atoms with E-state index >= 15 is 0 Å². The summed E-state index contributed by atoms with van der Waals surface area (Å²) in [6.07, 6.45) is 5.15. The monoisotopic (exact) mass is 197 g/mol. The Morgan fingerprint density at radius 1 is 1.07 bits per heavy atom. The van der Waals surface area contributed by atoms with Gasteiger partial charge >= 0.3 is 0 Å². The highest BCUT2D eigenvalue weighted by Gasteiger charge is 1.88. The van der Waals surface area contributed by atoms with Gasteiger partial charge in [-0.3, -0.25) is 4.99 Å². The van der Waals surface area contributed by atoms with Crippen LogP contribution in [-0.2, 0) is 6.54 Å². The quantitative estimate of drug-likeness (QED) is 0.707. The number of benzene rings is 1. The normalized spacial score (nSPS) is 10.7. The van der Waals surface area contributed by atoms with E-state index in [0.717, 1.165) is 5.56 Å². The minimum atomic E-state index is 0.698. The second kappa shape index (κ2) is 5.00. The third kappa shape index (κ3) is 2.98. The summed E-state index contributed by atoms with van der Waals surface area (Å²) in [7, 11) is 0. The average Bonchev–Trinajstić information content (AvgIpc) is 2.32. The third-order valence-corrected chi connectivity index (χ3v) is 1.96. The van der Waals surface area contributed by atoms with Gasteiger partial charge in [-0.05, 0) is 11.6 Å². The molecule has 0 bridgehead atoms. The smallest absolute Gasteiger partial charge is 0.0639 e. The van der Waals surface area contributed by atoms with Gasteiger partial charge in [0.2, 0.25) is 0 Å². The van der Waals surface area contributed by atoms with Crippen molar-refractivity contribution < 1.29 is 0 Å². The molecule has 1 aromatic heterocycles. The van der Waals surface area contributed by atoms with E-state index in [9.17, 15) is 0 Å². The molecular formula is C12H11N3. The molecule has 0 saturated carbocycles. The molecule has 0 fully saturated rings. The van der Waals surface area contributed by atoms with Crippen molar-refractivity contribution in [1.82, 2.24) is 10.2 Å². The van der Waals surface area contributed by atoms with Gasteiger partial charge in [0.05, 0.1) is 18.9 Å². The molecule has 1 heterocycles. The molecule has 2 aromatic rings. The summed E-state index contributed by atoms with van der Waals surface area (Å²) in [5.41, 5.74) is 2.18. The first-order chi connectivity index (χ1) is 7.45. The van der Waals surface area contributed by atoms with Gasteiger partial charge in [-0.2, -0.15) is 10.2 Å². The van der Waals surface area contributed by atoms with Crippen molar-refractivity contribution in [2.75, 3.05) is 0 Å². The fourth-order valence-corrected chi connectivity index (χ4v) is 1.22. The van der Waals surface area contributed by atoms with Crippen LogP contribution in [0.25, 0.3) is 0 Å². The van der Waals surface area contributed by atoms with Crippen LogP contribution in [0, 0.1) is 0 Å². The van der Waals surface area contributed by atoms with Crippen LogP contribution < -0.4 is 0 Å². The molecule has 0 aliphatic carbocycles. The fourth-order valence-electron chi connectivity index (χ4n) is 1.22. The lowest BCUT2D eigenvalue weighted by atomic mass is 10.2. The maximum absolute atomic E-state index is 4.32.